The Morgan fingerprint density at radius 2 is 1.75 bits per heavy atom. The Balaban J connectivity index is 1.68. The molecule has 0 atom stereocenters. The molecule has 0 bridgehead atoms. The first-order valence-electron chi connectivity index (χ1n) is 8.75. The van der Waals surface area contributed by atoms with Crippen LogP contribution < -0.4 is 0 Å². The van der Waals surface area contributed by atoms with Crippen molar-refractivity contribution in [2.24, 2.45) is 0 Å². The number of nitrogens with zero attached hydrogens (tertiary/aromatic N) is 2. The van der Waals surface area contributed by atoms with Gasteiger partial charge in [0.15, 0.2) is 0 Å². The van der Waals surface area contributed by atoms with Crippen LogP contribution in [0.25, 0.3) is 17.0 Å². The van der Waals surface area contributed by atoms with Gasteiger partial charge in [-0.15, -0.1) is 0 Å². The van der Waals surface area contributed by atoms with E-state index in [1.807, 2.05) is 30.5 Å². The summed E-state index contributed by atoms with van der Waals surface area (Å²) in [6, 6.07) is 13.1. The van der Waals surface area contributed by atoms with E-state index in [9.17, 15) is 9.59 Å². The van der Waals surface area contributed by atoms with Gasteiger partial charge >= 0.3 is 0 Å². The standard InChI is InChI=1S/C21H16Cl2N2O2S/c1-2-24-11-13(14-6-3-4-9-18(14)24)10-19-20(26)25(21(27)28-19)12-15-16(22)7-5-8-17(15)23/h3-11H,2,12H2,1H3/b19-10-. The van der Waals surface area contributed by atoms with Crippen LogP contribution in [0.15, 0.2) is 53.6 Å². The third-order valence-corrected chi connectivity index (χ3v) is 6.31. The number of aromatic nitrogens is 1. The number of carbonyl (C=O) groups is 2. The first kappa shape index (κ1) is 19.1. The Kier molecular flexibility index (Phi) is 5.23. The van der Waals surface area contributed by atoms with E-state index in [0.29, 0.717) is 20.5 Å². The molecule has 0 aliphatic carbocycles. The number of aryl methyl sites for hydroxylation is 1. The van der Waals surface area contributed by atoms with Gasteiger partial charge in [0, 0.05) is 44.8 Å². The second-order valence-corrected chi connectivity index (χ2v) is 8.16. The fourth-order valence-corrected chi connectivity index (χ4v) is 4.62. The molecule has 0 saturated carbocycles. The molecule has 1 fully saturated rings. The van der Waals surface area contributed by atoms with E-state index >= 15 is 0 Å². The first-order valence-corrected chi connectivity index (χ1v) is 10.3. The lowest BCUT2D eigenvalue weighted by Crippen LogP contribution is -2.27. The molecule has 1 saturated heterocycles. The van der Waals surface area contributed by atoms with Gasteiger partial charge in [0.1, 0.15) is 0 Å². The van der Waals surface area contributed by atoms with E-state index in [2.05, 4.69) is 11.5 Å². The van der Waals surface area contributed by atoms with Crippen molar-refractivity contribution in [1.82, 2.24) is 9.47 Å². The summed E-state index contributed by atoms with van der Waals surface area (Å²) in [5.41, 5.74) is 2.58. The zero-order valence-corrected chi connectivity index (χ0v) is 17.3. The van der Waals surface area contributed by atoms with Gasteiger partial charge in [0.25, 0.3) is 11.1 Å². The number of rotatable bonds is 4. The van der Waals surface area contributed by atoms with Gasteiger partial charge in [-0.2, -0.15) is 0 Å². The van der Waals surface area contributed by atoms with Crippen molar-refractivity contribution in [3.63, 3.8) is 0 Å². The van der Waals surface area contributed by atoms with Crippen molar-refractivity contribution in [3.8, 4) is 0 Å². The Hall–Kier alpha value is -2.21. The smallest absolute Gasteiger partial charge is 0.293 e. The summed E-state index contributed by atoms with van der Waals surface area (Å²) in [4.78, 5) is 26.9. The largest absolute Gasteiger partial charge is 0.347 e. The molecule has 1 aliphatic heterocycles. The van der Waals surface area contributed by atoms with Crippen molar-refractivity contribution >= 4 is 63.1 Å². The molecule has 4 nitrogen and oxygen atoms in total. The molecule has 0 radical (unpaired) electrons. The lowest BCUT2D eigenvalue weighted by Gasteiger charge is -2.14. The van der Waals surface area contributed by atoms with E-state index in [0.717, 1.165) is 34.8 Å². The van der Waals surface area contributed by atoms with Crippen molar-refractivity contribution < 1.29 is 9.59 Å². The third kappa shape index (κ3) is 3.34. The molecule has 4 rings (SSSR count). The van der Waals surface area contributed by atoms with Crippen LogP contribution in [0.1, 0.15) is 18.1 Å². The third-order valence-electron chi connectivity index (χ3n) is 4.70. The summed E-state index contributed by atoms with van der Waals surface area (Å²) in [6.45, 7) is 2.94. The van der Waals surface area contributed by atoms with Gasteiger partial charge in [0.05, 0.1) is 11.4 Å². The molecule has 7 heteroatoms. The second-order valence-electron chi connectivity index (χ2n) is 6.36. The van der Waals surface area contributed by atoms with Crippen molar-refractivity contribution in [1.29, 1.82) is 0 Å². The lowest BCUT2D eigenvalue weighted by molar-refractivity contribution is -0.123. The molecule has 142 valence electrons. The van der Waals surface area contributed by atoms with E-state index in [4.69, 9.17) is 23.2 Å². The summed E-state index contributed by atoms with van der Waals surface area (Å²) < 4.78 is 2.12. The highest BCUT2D eigenvalue weighted by molar-refractivity contribution is 8.18. The second kappa shape index (κ2) is 7.66. The molecule has 0 spiro atoms. The Bertz CT molecular complexity index is 1120. The minimum Gasteiger partial charge on any atom is -0.347 e. The van der Waals surface area contributed by atoms with Crippen LogP contribution in [0.3, 0.4) is 0 Å². The van der Waals surface area contributed by atoms with Gasteiger partial charge in [-0.1, -0.05) is 47.5 Å². The van der Waals surface area contributed by atoms with E-state index in [1.165, 1.54) is 4.90 Å². The average Bonchev–Trinajstić information content (AvgIpc) is 3.17. The molecule has 2 heterocycles. The molecule has 1 aromatic heterocycles. The van der Waals surface area contributed by atoms with E-state index in [1.54, 1.807) is 24.3 Å². The number of para-hydroxylation sites is 1. The highest BCUT2D eigenvalue weighted by atomic mass is 35.5. The molecule has 0 N–H and O–H groups in total. The number of thioether (sulfide) groups is 1. The number of hydrogen-bond acceptors (Lipinski definition) is 3. The highest BCUT2D eigenvalue weighted by Crippen LogP contribution is 2.36. The van der Waals surface area contributed by atoms with Crippen molar-refractivity contribution in [2.75, 3.05) is 0 Å². The molecule has 3 aromatic rings. The number of carbonyl (C=O) groups excluding carboxylic acids is 2. The fourth-order valence-electron chi connectivity index (χ4n) is 3.27. The fraction of sp³-hybridized carbons (Fsp3) is 0.143. The predicted molar refractivity (Wildman–Crippen MR) is 116 cm³/mol. The summed E-state index contributed by atoms with van der Waals surface area (Å²) in [5, 5.41) is 1.58. The monoisotopic (exact) mass is 430 g/mol. The minimum atomic E-state index is -0.334. The van der Waals surface area contributed by atoms with E-state index < -0.39 is 0 Å². The van der Waals surface area contributed by atoms with Gasteiger partial charge in [0.2, 0.25) is 0 Å². The van der Waals surface area contributed by atoms with Crippen LogP contribution in [0.2, 0.25) is 10.0 Å². The highest BCUT2D eigenvalue weighted by Gasteiger charge is 2.36. The molecule has 1 aliphatic rings. The van der Waals surface area contributed by atoms with Gasteiger partial charge in [-0.05, 0) is 43.0 Å². The maximum absolute atomic E-state index is 12.9. The van der Waals surface area contributed by atoms with Gasteiger partial charge in [-0.3, -0.25) is 14.5 Å². The van der Waals surface area contributed by atoms with Gasteiger partial charge in [-0.25, -0.2) is 0 Å². The SMILES string of the molecule is CCn1cc(/C=C2\SC(=O)N(Cc3c(Cl)cccc3Cl)C2=O)c2ccccc21. The maximum atomic E-state index is 12.9. The zero-order chi connectivity index (χ0) is 19.8. The molecule has 2 amide bonds. The van der Waals surface area contributed by atoms with Crippen LogP contribution in [0.5, 0.6) is 0 Å². The Morgan fingerprint density at radius 3 is 2.46 bits per heavy atom. The molecular formula is C21H16Cl2N2O2S. The predicted octanol–water partition coefficient (Wildman–Crippen LogP) is 6.20. The summed E-state index contributed by atoms with van der Waals surface area (Å²) in [7, 11) is 0. The Labute approximate surface area is 176 Å². The normalized spacial score (nSPS) is 16.0. The summed E-state index contributed by atoms with van der Waals surface area (Å²) in [5.74, 6) is -0.334. The van der Waals surface area contributed by atoms with Crippen LogP contribution in [0.4, 0.5) is 4.79 Å². The van der Waals surface area contributed by atoms with Crippen molar-refractivity contribution in [2.45, 2.75) is 20.0 Å². The van der Waals surface area contributed by atoms with Crippen LogP contribution in [-0.4, -0.2) is 20.6 Å². The number of halogens is 2. The summed E-state index contributed by atoms with van der Waals surface area (Å²) >= 11 is 13.3. The maximum Gasteiger partial charge on any atom is 0.293 e. The number of benzene rings is 2. The number of amides is 2. The molecule has 28 heavy (non-hydrogen) atoms. The van der Waals surface area contributed by atoms with E-state index in [-0.39, 0.29) is 17.7 Å². The lowest BCUT2D eigenvalue weighted by atomic mass is 10.1. The van der Waals surface area contributed by atoms with Crippen LogP contribution in [0, 0.1) is 0 Å². The zero-order valence-electron chi connectivity index (χ0n) is 15.0. The number of fused-ring (bicyclic) bond motifs is 1. The van der Waals surface area contributed by atoms with Crippen LogP contribution in [-0.2, 0) is 17.9 Å². The van der Waals surface area contributed by atoms with Crippen LogP contribution >= 0.6 is 35.0 Å². The average molecular weight is 431 g/mol. The number of hydrogen-bond donors (Lipinski definition) is 0. The molecule has 2 aromatic carbocycles. The van der Waals surface area contributed by atoms with Crippen molar-refractivity contribution in [3.05, 3.63) is 74.7 Å². The number of imide groups is 1. The van der Waals surface area contributed by atoms with Gasteiger partial charge < -0.3 is 4.57 Å². The Morgan fingerprint density at radius 1 is 1.04 bits per heavy atom. The first-order chi connectivity index (χ1) is 13.5. The summed E-state index contributed by atoms with van der Waals surface area (Å²) in [6.07, 6.45) is 3.79. The minimum absolute atomic E-state index is 0.0528. The molecular weight excluding hydrogens is 415 g/mol. The molecule has 0 unspecified atom stereocenters. The topological polar surface area (TPSA) is 42.3 Å². The quantitative estimate of drug-likeness (QED) is 0.462.